The predicted molar refractivity (Wildman–Crippen MR) is 77.6 cm³/mol. The third kappa shape index (κ3) is 2.37. The Hall–Kier alpha value is -1.26. The Kier molecular flexibility index (Phi) is 2.91. The van der Waals surface area contributed by atoms with Crippen LogP contribution in [0.3, 0.4) is 0 Å². The second-order valence-electron chi connectivity index (χ2n) is 3.89. The normalized spacial score (nSPS) is 10.9. The van der Waals surface area contributed by atoms with Crippen molar-refractivity contribution in [1.82, 2.24) is 4.98 Å². The van der Waals surface area contributed by atoms with Gasteiger partial charge >= 0.3 is 0 Å². The number of hydrogen-bond donors (Lipinski definition) is 2. The Morgan fingerprint density at radius 1 is 1.24 bits per heavy atom. The molecule has 17 heavy (non-hydrogen) atoms. The third-order valence-corrected chi connectivity index (χ3v) is 4.22. The maximum atomic E-state index is 3.47. The number of aromatic amines is 1. The fourth-order valence-corrected chi connectivity index (χ4v) is 3.02. The first-order valence-corrected chi connectivity index (χ1v) is 7.02. The van der Waals surface area contributed by atoms with Crippen molar-refractivity contribution in [3.8, 4) is 0 Å². The van der Waals surface area contributed by atoms with Crippen LogP contribution in [0.4, 0.5) is 5.69 Å². The SMILES string of the molecule is Brc1cc(CNc2ccc3[nH]ccc3c2)cs1. The van der Waals surface area contributed by atoms with Crippen LogP contribution in [0.2, 0.25) is 0 Å². The molecule has 0 saturated heterocycles. The lowest BCUT2D eigenvalue weighted by Crippen LogP contribution is -1.97. The molecule has 3 aromatic rings. The molecule has 2 N–H and O–H groups in total. The number of thiophene rings is 1. The van der Waals surface area contributed by atoms with Crippen LogP contribution in [0.1, 0.15) is 5.56 Å². The minimum atomic E-state index is 0.859. The van der Waals surface area contributed by atoms with Gasteiger partial charge < -0.3 is 10.3 Å². The number of H-pyrrole nitrogens is 1. The molecule has 1 aromatic carbocycles. The molecule has 0 amide bonds. The van der Waals surface area contributed by atoms with Crippen LogP contribution >= 0.6 is 27.3 Å². The van der Waals surface area contributed by atoms with Crippen LogP contribution in [0, 0.1) is 0 Å². The van der Waals surface area contributed by atoms with Gasteiger partial charge in [-0.3, -0.25) is 0 Å². The average Bonchev–Trinajstić information content (AvgIpc) is 2.94. The van der Waals surface area contributed by atoms with E-state index in [0.29, 0.717) is 0 Å². The summed E-state index contributed by atoms with van der Waals surface area (Å²) in [6, 6.07) is 10.6. The number of rotatable bonds is 3. The van der Waals surface area contributed by atoms with Gasteiger partial charge in [0.05, 0.1) is 3.79 Å². The van der Waals surface area contributed by atoms with Gasteiger partial charge in [-0.05, 0) is 57.2 Å². The van der Waals surface area contributed by atoms with Crippen molar-refractivity contribution in [3.05, 3.63) is 51.3 Å². The quantitative estimate of drug-likeness (QED) is 0.727. The van der Waals surface area contributed by atoms with Gasteiger partial charge in [0.25, 0.3) is 0 Å². The van der Waals surface area contributed by atoms with E-state index >= 15 is 0 Å². The number of nitrogens with one attached hydrogen (secondary N) is 2. The molecule has 0 unspecified atom stereocenters. The van der Waals surface area contributed by atoms with E-state index in [-0.39, 0.29) is 0 Å². The molecule has 3 rings (SSSR count). The van der Waals surface area contributed by atoms with Crippen LogP contribution in [-0.2, 0) is 6.54 Å². The molecule has 2 heterocycles. The number of aromatic nitrogens is 1. The first-order valence-electron chi connectivity index (χ1n) is 5.35. The maximum Gasteiger partial charge on any atom is 0.0701 e. The monoisotopic (exact) mass is 306 g/mol. The first kappa shape index (κ1) is 10.9. The van der Waals surface area contributed by atoms with Gasteiger partial charge in [-0.1, -0.05) is 0 Å². The van der Waals surface area contributed by atoms with Crippen LogP contribution < -0.4 is 5.32 Å². The summed E-state index contributed by atoms with van der Waals surface area (Å²) in [4.78, 5) is 3.19. The molecule has 0 aliphatic rings. The van der Waals surface area contributed by atoms with Gasteiger partial charge in [0.15, 0.2) is 0 Å². The van der Waals surface area contributed by atoms with E-state index in [1.165, 1.54) is 20.3 Å². The molecule has 0 saturated carbocycles. The summed E-state index contributed by atoms with van der Waals surface area (Å²) in [5, 5.41) is 6.82. The minimum absolute atomic E-state index is 0.859. The highest BCUT2D eigenvalue weighted by molar-refractivity contribution is 9.11. The summed E-state index contributed by atoms with van der Waals surface area (Å²) in [6.07, 6.45) is 1.96. The molecule has 0 fully saturated rings. The number of hydrogen-bond acceptors (Lipinski definition) is 2. The van der Waals surface area contributed by atoms with Gasteiger partial charge in [0.1, 0.15) is 0 Å². The van der Waals surface area contributed by atoms with Crippen molar-refractivity contribution >= 4 is 43.9 Å². The maximum absolute atomic E-state index is 3.47. The van der Waals surface area contributed by atoms with Crippen molar-refractivity contribution in [1.29, 1.82) is 0 Å². The Labute approximate surface area is 112 Å². The number of anilines is 1. The smallest absolute Gasteiger partial charge is 0.0701 e. The van der Waals surface area contributed by atoms with Crippen molar-refractivity contribution in [3.63, 3.8) is 0 Å². The molecule has 0 bridgehead atoms. The van der Waals surface area contributed by atoms with Crippen molar-refractivity contribution in [2.75, 3.05) is 5.32 Å². The second-order valence-corrected chi connectivity index (χ2v) is 6.18. The van der Waals surface area contributed by atoms with Gasteiger partial charge in [-0.15, -0.1) is 11.3 Å². The lowest BCUT2D eigenvalue weighted by Gasteiger charge is -2.04. The Morgan fingerprint density at radius 2 is 2.18 bits per heavy atom. The van der Waals surface area contributed by atoms with Gasteiger partial charge in [0.2, 0.25) is 0 Å². The van der Waals surface area contributed by atoms with E-state index in [9.17, 15) is 0 Å². The molecule has 2 aromatic heterocycles. The molecule has 2 nitrogen and oxygen atoms in total. The Balaban J connectivity index is 1.76. The standard InChI is InChI=1S/C13H11BrN2S/c14-13-5-9(8-17-13)7-16-11-1-2-12-10(6-11)3-4-15-12/h1-6,8,15-16H,7H2. The number of halogens is 1. The Morgan fingerprint density at radius 3 is 3.00 bits per heavy atom. The van der Waals surface area contributed by atoms with Crippen LogP contribution in [0.5, 0.6) is 0 Å². The summed E-state index contributed by atoms with van der Waals surface area (Å²) in [7, 11) is 0. The lowest BCUT2D eigenvalue weighted by molar-refractivity contribution is 1.16. The average molecular weight is 307 g/mol. The van der Waals surface area contributed by atoms with E-state index < -0.39 is 0 Å². The van der Waals surface area contributed by atoms with Crippen LogP contribution in [0.15, 0.2) is 45.7 Å². The fourth-order valence-electron chi connectivity index (χ4n) is 1.81. The minimum Gasteiger partial charge on any atom is -0.381 e. The van der Waals surface area contributed by atoms with Crippen molar-refractivity contribution < 1.29 is 0 Å². The summed E-state index contributed by atoms with van der Waals surface area (Å²) in [6.45, 7) is 0.859. The molecule has 0 spiro atoms. The van der Waals surface area contributed by atoms with Crippen LogP contribution in [0.25, 0.3) is 10.9 Å². The zero-order valence-electron chi connectivity index (χ0n) is 9.03. The second kappa shape index (κ2) is 4.55. The first-order chi connectivity index (χ1) is 8.31. The van der Waals surface area contributed by atoms with E-state index in [0.717, 1.165) is 12.2 Å². The molecular weight excluding hydrogens is 296 g/mol. The van der Waals surface area contributed by atoms with Gasteiger partial charge in [-0.2, -0.15) is 0 Å². The molecule has 0 aliphatic heterocycles. The van der Waals surface area contributed by atoms with Gasteiger partial charge in [-0.25, -0.2) is 0 Å². The van der Waals surface area contributed by atoms with Crippen molar-refractivity contribution in [2.45, 2.75) is 6.54 Å². The zero-order chi connectivity index (χ0) is 11.7. The highest BCUT2D eigenvalue weighted by atomic mass is 79.9. The topological polar surface area (TPSA) is 27.8 Å². The van der Waals surface area contributed by atoms with Crippen LogP contribution in [-0.4, -0.2) is 4.98 Å². The van der Waals surface area contributed by atoms with E-state index in [2.05, 4.69) is 61.9 Å². The molecule has 0 radical (unpaired) electrons. The fraction of sp³-hybridized carbons (Fsp3) is 0.0769. The Bertz CT molecular complexity index is 641. The largest absolute Gasteiger partial charge is 0.381 e. The molecule has 0 aliphatic carbocycles. The molecule has 0 atom stereocenters. The van der Waals surface area contributed by atoms with E-state index in [1.54, 1.807) is 11.3 Å². The summed E-state index contributed by atoms with van der Waals surface area (Å²) < 4.78 is 1.18. The van der Waals surface area contributed by atoms with Gasteiger partial charge in [0, 0.05) is 29.3 Å². The number of benzene rings is 1. The molecular formula is C13H11BrN2S. The highest BCUT2D eigenvalue weighted by Gasteiger charge is 1.99. The zero-order valence-corrected chi connectivity index (χ0v) is 11.4. The lowest BCUT2D eigenvalue weighted by atomic mass is 10.2. The van der Waals surface area contributed by atoms with E-state index in [4.69, 9.17) is 0 Å². The predicted octanol–water partition coefficient (Wildman–Crippen LogP) is 4.60. The molecule has 4 heteroatoms. The highest BCUT2D eigenvalue weighted by Crippen LogP contribution is 2.22. The van der Waals surface area contributed by atoms with E-state index in [1.807, 2.05) is 6.20 Å². The summed E-state index contributed by atoms with van der Waals surface area (Å²) in [5.74, 6) is 0. The summed E-state index contributed by atoms with van der Waals surface area (Å²) in [5.41, 5.74) is 3.63. The molecule has 86 valence electrons. The third-order valence-electron chi connectivity index (χ3n) is 2.67. The van der Waals surface area contributed by atoms with Crippen molar-refractivity contribution in [2.24, 2.45) is 0 Å². The number of fused-ring (bicyclic) bond motifs is 1. The summed E-state index contributed by atoms with van der Waals surface area (Å²) >= 11 is 5.19.